The van der Waals surface area contributed by atoms with Gasteiger partial charge in [0.15, 0.2) is 6.61 Å². The van der Waals surface area contributed by atoms with Crippen LogP contribution in [0, 0.1) is 0 Å². The van der Waals surface area contributed by atoms with Crippen LogP contribution in [0.15, 0.2) is 60.7 Å². The van der Waals surface area contributed by atoms with Crippen LogP contribution in [0.3, 0.4) is 0 Å². The number of hydrogen-bond acceptors (Lipinski definition) is 6. The Labute approximate surface area is 205 Å². The van der Waals surface area contributed by atoms with Gasteiger partial charge in [0.05, 0.1) is 0 Å². The Morgan fingerprint density at radius 1 is 0.943 bits per heavy atom. The highest BCUT2D eigenvalue weighted by atomic mass is 16.6. The molecule has 0 spiro atoms. The first-order valence-corrected chi connectivity index (χ1v) is 11.8. The zero-order valence-electron chi connectivity index (χ0n) is 20.5. The standard InChI is InChI=1S/C27H32N4O4/c1-27(2,3)35-26(33)31-16-14-30(15-17-31)23-13-12-21-10-7-11-22(25(21)29-23)34-19-24(32)28-18-20-8-5-4-6-9-20/h4-13H,14-19H2,1-3H3,(H,28,32). The van der Waals surface area contributed by atoms with Crippen molar-refractivity contribution in [3.8, 4) is 5.75 Å². The number of hydrogen-bond donors (Lipinski definition) is 1. The molecular weight excluding hydrogens is 444 g/mol. The first-order chi connectivity index (χ1) is 16.8. The number of nitrogens with one attached hydrogen (secondary N) is 1. The van der Waals surface area contributed by atoms with Crippen molar-refractivity contribution in [2.45, 2.75) is 32.9 Å². The van der Waals surface area contributed by atoms with Gasteiger partial charge in [-0.3, -0.25) is 4.79 Å². The maximum Gasteiger partial charge on any atom is 0.410 e. The number of aromatic nitrogens is 1. The highest BCUT2D eigenvalue weighted by Crippen LogP contribution is 2.27. The van der Waals surface area contributed by atoms with Gasteiger partial charge in [-0.25, -0.2) is 9.78 Å². The van der Waals surface area contributed by atoms with Gasteiger partial charge in [0, 0.05) is 38.1 Å². The van der Waals surface area contributed by atoms with Crippen LogP contribution in [0.2, 0.25) is 0 Å². The van der Waals surface area contributed by atoms with Gasteiger partial charge in [-0.1, -0.05) is 42.5 Å². The van der Waals surface area contributed by atoms with E-state index < -0.39 is 5.60 Å². The van der Waals surface area contributed by atoms with Crippen LogP contribution >= 0.6 is 0 Å². The summed E-state index contributed by atoms with van der Waals surface area (Å²) in [5.41, 5.74) is 1.22. The number of fused-ring (bicyclic) bond motifs is 1. The molecule has 0 atom stereocenters. The van der Waals surface area contributed by atoms with Gasteiger partial charge < -0.3 is 24.6 Å². The minimum atomic E-state index is -0.511. The van der Waals surface area contributed by atoms with Gasteiger partial charge in [0.2, 0.25) is 0 Å². The number of amides is 2. The third-order valence-electron chi connectivity index (χ3n) is 5.62. The predicted molar refractivity (Wildman–Crippen MR) is 136 cm³/mol. The lowest BCUT2D eigenvalue weighted by atomic mass is 10.2. The molecule has 1 aromatic heterocycles. The van der Waals surface area contributed by atoms with E-state index in [1.165, 1.54) is 0 Å². The second-order valence-corrected chi connectivity index (χ2v) is 9.50. The second kappa shape index (κ2) is 10.6. The molecule has 8 nitrogen and oxygen atoms in total. The Balaban J connectivity index is 1.37. The summed E-state index contributed by atoms with van der Waals surface area (Å²) in [6, 6.07) is 19.4. The van der Waals surface area contributed by atoms with E-state index in [0.717, 1.165) is 16.8 Å². The summed E-state index contributed by atoms with van der Waals surface area (Å²) < 4.78 is 11.3. The van der Waals surface area contributed by atoms with Crippen molar-refractivity contribution in [2.24, 2.45) is 0 Å². The van der Waals surface area contributed by atoms with E-state index in [2.05, 4.69) is 10.2 Å². The van der Waals surface area contributed by atoms with Gasteiger partial charge in [0.25, 0.3) is 5.91 Å². The SMILES string of the molecule is CC(C)(C)OC(=O)N1CCN(c2ccc3cccc(OCC(=O)NCc4ccccc4)c3n2)CC1. The van der Waals surface area contributed by atoms with Crippen LogP contribution in [-0.2, 0) is 16.1 Å². The van der Waals surface area contributed by atoms with E-state index in [-0.39, 0.29) is 18.6 Å². The van der Waals surface area contributed by atoms with E-state index in [9.17, 15) is 9.59 Å². The minimum absolute atomic E-state index is 0.0909. The zero-order valence-corrected chi connectivity index (χ0v) is 20.5. The van der Waals surface area contributed by atoms with Crippen LogP contribution in [0.1, 0.15) is 26.3 Å². The second-order valence-electron chi connectivity index (χ2n) is 9.50. The number of rotatable bonds is 6. The Morgan fingerprint density at radius 2 is 1.69 bits per heavy atom. The van der Waals surface area contributed by atoms with E-state index >= 15 is 0 Å². The highest BCUT2D eigenvalue weighted by molar-refractivity contribution is 5.86. The van der Waals surface area contributed by atoms with Crippen molar-refractivity contribution in [1.29, 1.82) is 0 Å². The number of pyridine rings is 1. The summed E-state index contributed by atoms with van der Waals surface area (Å²) in [7, 11) is 0. The molecule has 1 N–H and O–H groups in total. The summed E-state index contributed by atoms with van der Waals surface area (Å²) in [5, 5.41) is 3.81. The summed E-state index contributed by atoms with van der Waals surface area (Å²) >= 11 is 0. The Morgan fingerprint density at radius 3 is 2.40 bits per heavy atom. The molecule has 1 aliphatic heterocycles. The fourth-order valence-electron chi connectivity index (χ4n) is 3.84. The molecule has 4 rings (SSSR count). The number of ether oxygens (including phenoxy) is 2. The minimum Gasteiger partial charge on any atom is -0.481 e. The van der Waals surface area contributed by atoms with Crippen molar-refractivity contribution in [2.75, 3.05) is 37.7 Å². The first kappa shape index (κ1) is 24.3. The van der Waals surface area contributed by atoms with E-state index in [1.807, 2.05) is 81.4 Å². The topological polar surface area (TPSA) is 84.0 Å². The molecule has 1 aliphatic rings. The zero-order chi connectivity index (χ0) is 24.8. The predicted octanol–water partition coefficient (Wildman–Crippen LogP) is 3.99. The largest absolute Gasteiger partial charge is 0.481 e. The van der Waals surface area contributed by atoms with Crippen LogP contribution in [-0.4, -0.2) is 60.3 Å². The molecule has 2 amide bonds. The summed E-state index contributed by atoms with van der Waals surface area (Å²) in [5.74, 6) is 1.18. The number of benzene rings is 2. The average Bonchev–Trinajstić information content (AvgIpc) is 2.85. The highest BCUT2D eigenvalue weighted by Gasteiger charge is 2.26. The summed E-state index contributed by atoms with van der Waals surface area (Å²) in [4.78, 5) is 33.4. The molecule has 184 valence electrons. The van der Waals surface area contributed by atoms with Crippen molar-refractivity contribution >= 4 is 28.7 Å². The summed E-state index contributed by atoms with van der Waals surface area (Å²) in [6.07, 6.45) is -0.287. The number of piperazine rings is 1. The van der Waals surface area contributed by atoms with Crippen LogP contribution in [0.25, 0.3) is 10.9 Å². The number of anilines is 1. The lowest BCUT2D eigenvalue weighted by Gasteiger charge is -2.36. The van der Waals surface area contributed by atoms with Gasteiger partial charge in [0.1, 0.15) is 22.7 Å². The van der Waals surface area contributed by atoms with Gasteiger partial charge >= 0.3 is 6.09 Å². The van der Waals surface area contributed by atoms with Crippen molar-refractivity contribution in [1.82, 2.24) is 15.2 Å². The fourth-order valence-corrected chi connectivity index (χ4v) is 3.84. The fraction of sp³-hybridized carbons (Fsp3) is 0.370. The molecule has 0 radical (unpaired) electrons. The molecule has 3 aromatic rings. The smallest absolute Gasteiger partial charge is 0.410 e. The quantitative estimate of drug-likeness (QED) is 0.579. The maximum absolute atomic E-state index is 12.4. The van der Waals surface area contributed by atoms with Crippen LogP contribution < -0.4 is 15.0 Å². The third kappa shape index (κ3) is 6.62. The van der Waals surface area contributed by atoms with E-state index in [1.54, 1.807) is 4.90 Å². The monoisotopic (exact) mass is 476 g/mol. The maximum atomic E-state index is 12.4. The van der Waals surface area contributed by atoms with Gasteiger partial charge in [-0.2, -0.15) is 0 Å². The number of carbonyl (C=O) groups is 2. The molecule has 2 heterocycles. The molecule has 0 bridgehead atoms. The van der Waals surface area contributed by atoms with Crippen molar-refractivity contribution in [3.05, 3.63) is 66.2 Å². The lowest BCUT2D eigenvalue weighted by molar-refractivity contribution is -0.123. The molecule has 35 heavy (non-hydrogen) atoms. The van der Waals surface area contributed by atoms with E-state index in [0.29, 0.717) is 44.0 Å². The van der Waals surface area contributed by atoms with E-state index in [4.69, 9.17) is 14.5 Å². The number of carbonyl (C=O) groups excluding carboxylic acids is 2. The van der Waals surface area contributed by atoms with Gasteiger partial charge in [-0.15, -0.1) is 0 Å². The molecule has 1 fully saturated rings. The molecule has 0 saturated carbocycles. The number of nitrogens with zero attached hydrogens (tertiary/aromatic N) is 3. The Kier molecular flexibility index (Phi) is 7.39. The molecule has 1 saturated heterocycles. The Hall–Kier alpha value is -3.81. The van der Waals surface area contributed by atoms with Crippen LogP contribution in [0.5, 0.6) is 5.75 Å². The lowest BCUT2D eigenvalue weighted by Crippen LogP contribution is -2.50. The van der Waals surface area contributed by atoms with Crippen LogP contribution in [0.4, 0.5) is 10.6 Å². The van der Waals surface area contributed by atoms with Crippen molar-refractivity contribution in [3.63, 3.8) is 0 Å². The summed E-state index contributed by atoms with van der Waals surface area (Å²) in [6.45, 7) is 8.41. The molecule has 0 unspecified atom stereocenters. The van der Waals surface area contributed by atoms with Crippen molar-refractivity contribution < 1.29 is 19.1 Å². The average molecular weight is 477 g/mol. The molecule has 0 aliphatic carbocycles. The normalized spacial score (nSPS) is 14.0. The van der Waals surface area contributed by atoms with Gasteiger partial charge in [-0.05, 0) is 44.5 Å². The molecule has 2 aromatic carbocycles. The molecule has 8 heteroatoms. The number of para-hydroxylation sites is 1. The third-order valence-corrected chi connectivity index (χ3v) is 5.62. The molecular formula is C27H32N4O4. The Bertz CT molecular complexity index is 1170. The first-order valence-electron chi connectivity index (χ1n) is 11.8.